The van der Waals surface area contributed by atoms with Gasteiger partial charge in [0.1, 0.15) is 0 Å². The fraction of sp³-hybridized carbons (Fsp3) is 0.500. The molecule has 0 saturated heterocycles. The fourth-order valence-electron chi connectivity index (χ4n) is 2.26. The maximum atomic E-state index is 6.34. The molecule has 1 atom stereocenters. The molecule has 0 aliphatic carbocycles. The van der Waals surface area contributed by atoms with Crippen molar-refractivity contribution in [2.75, 3.05) is 0 Å². The summed E-state index contributed by atoms with van der Waals surface area (Å²) in [5.74, 6) is 0. The summed E-state index contributed by atoms with van der Waals surface area (Å²) in [7, 11) is 1.94. The van der Waals surface area contributed by atoms with E-state index in [0.29, 0.717) is 0 Å². The maximum Gasteiger partial charge on any atom is 0.0759 e. The second kappa shape index (κ2) is 4.33. The van der Waals surface area contributed by atoms with Gasteiger partial charge < -0.3 is 5.73 Å². The molecule has 2 rings (SSSR count). The molecule has 0 aliphatic rings. The van der Waals surface area contributed by atoms with Gasteiger partial charge in [-0.3, -0.25) is 9.36 Å². The van der Waals surface area contributed by atoms with Crippen molar-refractivity contribution in [1.29, 1.82) is 0 Å². The highest BCUT2D eigenvalue weighted by Gasteiger charge is 2.20. The van der Waals surface area contributed by atoms with E-state index >= 15 is 0 Å². The molecule has 0 bridgehead atoms. The molecule has 0 amide bonds. The lowest BCUT2D eigenvalue weighted by Gasteiger charge is -2.14. The Balaban J connectivity index is 2.47. The quantitative estimate of drug-likeness (QED) is 0.869. The Labute approximate surface area is 101 Å². The van der Waals surface area contributed by atoms with Gasteiger partial charge >= 0.3 is 0 Å². The zero-order valence-corrected chi connectivity index (χ0v) is 10.8. The summed E-state index contributed by atoms with van der Waals surface area (Å²) in [6, 6.07) is 1.81. The molecule has 2 aromatic rings. The predicted molar refractivity (Wildman–Crippen MR) is 66.6 cm³/mol. The van der Waals surface area contributed by atoms with Gasteiger partial charge in [0.25, 0.3) is 0 Å². The monoisotopic (exact) mass is 233 g/mol. The standard InChI is InChI=1S/C12H19N5/c1-5-17-10(6-7-14-17)12(13)11-8(2)15-16(4)9(11)3/h6-7,12H,5,13H2,1-4H3. The summed E-state index contributed by atoms with van der Waals surface area (Å²) < 4.78 is 3.80. The highest BCUT2D eigenvalue weighted by molar-refractivity contribution is 5.33. The molecule has 2 aromatic heterocycles. The van der Waals surface area contributed by atoms with Crippen LogP contribution in [0.15, 0.2) is 12.3 Å². The van der Waals surface area contributed by atoms with Crippen LogP contribution in [0.3, 0.4) is 0 Å². The van der Waals surface area contributed by atoms with Crippen LogP contribution in [0.1, 0.15) is 35.6 Å². The van der Waals surface area contributed by atoms with Crippen molar-refractivity contribution in [3.8, 4) is 0 Å². The second-order valence-corrected chi connectivity index (χ2v) is 4.26. The highest BCUT2D eigenvalue weighted by Crippen LogP contribution is 2.24. The lowest BCUT2D eigenvalue weighted by Crippen LogP contribution is -2.18. The maximum absolute atomic E-state index is 6.34. The van der Waals surface area contributed by atoms with Crippen LogP contribution >= 0.6 is 0 Å². The predicted octanol–water partition coefficient (Wildman–Crippen LogP) is 1.30. The summed E-state index contributed by atoms with van der Waals surface area (Å²) in [6.45, 7) is 6.93. The van der Waals surface area contributed by atoms with Gasteiger partial charge in [-0.2, -0.15) is 10.2 Å². The van der Waals surface area contributed by atoms with Gasteiger partial charge in [0.05, 0.1) is 17.4 Å². The molecule has 0 radical (unpaired) electrons. The Bertz CT molecular complexity index is 523. The van der Waals surface area contributed by atoms with Crippen molar-refractivity contribution in [2.24, 2.45) is 12.8 Å². The van der Waals surface area contributed by atoms with Crippen LogP contribution in [0.25, 0.3) is 0 Å². The normalized spacial score (nSPS) is 13.0. The molecular formula is C12H19N5. The average Bonchev–Trinajstić information content (AvgIpc) is 2.84. The van der Waals surface area contributed by atoms with Crippen LogP contribution < -0.4 is 5.73 Å². The van der Waals surface area contributed by atoms with Gasteiger partial charge in [-0.05, 0) is 26.8 Å². The minimum Gasteiger partial charge on any atom is -0.319 e. The number of hydrogen-bond acceptors (Lipinski definition) is 3. The molecule has 2 N–H and O–H groups in total. The second-order valence-electron chi connectivity index (χ2n) is 4.26. The van der Waals surface area contributed by atoms with E-state index in [-0.39, 0.29) is 6.04 Å². The third-order valence-corrected chi connectivity index (χ3v) is 3.24. The Kier molecular flexibility index (Phi) is 3.02. The number of rotatable bonds is 3. The Morgan fingerprint density at radius 3 is 2.65 bits per heavy atom. The summed E-state index contributed by atoms with van der Waals surface area (Å²) in [6.07, 6.45) is 1.79. The number of nitrogens with two attached hydrogens (primary N) is 1. The van der Waals surface area contributed by atoms with Gasteiger partial charge in [0.15, 0.2) is 0 Å². The van der Waals surface area contributed by atoms with Crippen molar-refractivity contribution in [3.05, 3.63) is 34.9 Å². The van der Waals surface area contributed by atoms with Crippen molar-refractivity contribution < 1.29 is 0 Å². The van der Waals surface area contributed by atoms with Crippen LogP contribution in [0.4, 0.5) is 0 Å². The largest absolute Gasteiger partial charge is 0.319 e. The average molecular weight is 233 g/mol. The highest BCUT2D eigenvalue weighted by atomic mass is 15.3. The van der Waals surface area contributed by atoms with Gasteiger partial charge in [0.2, 0.25) is 0 Å². The van der Waals surface area contributed by atoms with E-state index in [4.69, 9.17) is 5.73 Å². The van der Waals surface area contributed by atoms with Crippen LogP contribution in [0, 0.1) is 13.8 Å². The summed E-state index contributed by atoms with van der Waals surface area (Å²) in [4.78, 5) is 0. The van der Waals surface area contributed by atoms with E-state index in [9.17, 15) is 0 Å². The van der Waals surface area contributed by atoms with Crippen molar-refractivity contribution in [3.63, 3.8) is 0 Å². The van der Waals surface area contributed by atoms with Gasteiger partial charge in [-0.25, -0.2) is 0 Å². The summed E-state index contributed by atoms with van der Waals surface area (Å²) in [5, 5.41) is 8.66. The van der Waals surface area contributed by atoms with Crippen molar-refractivity contribution in [1.82, 2.24) is 19.6 Å². The molecule has 92 valence electrons. The van der Waals surface area contributed by atoms with E-state index in [1.807, 2.05) is 36.3 Å². The molecule has 0 aromatic carbocycles. The van der Waals surface area contributed by atoms with Crippen molar-refractivity contribution >= 4 is 0 Å². The molecule has 0 saturated carbocycles. The minimum atomic E-state index is -0.161. The molecule has 1 unspecified atom stereocenters. The van der Waals surface area contributed by atoms with Crippen LogP contribution in [0.5, 0.6) is 0 Å². The Hall–Kier alpha value is -1.62. The first-order chi connectivity index (χ1) is 8.06. The Morgan fingerprint density at radius 1 is 1.41 bits per heavy atom. The van der Waals surface area contributed by atoms with E-state index < -0.39 is 0 Å². The lowest BCUT2D eigenvalue weighted by molar-refractivity contribution is 0.598. The first-order valence-corrected chi connectivity index (χ1v) is 5.83. The molecule has 0 aliphatic heterocycles. The van der Waals surface area contributed by atoms with Crippen LogP contribution in [0.2, 0.25) is 0 Å². The van der Waals surface area contributed by atoms with Crippen LogP contribution in [-0.2, 0) is 13.6 Å². The van der Waals surface area contributed by atoms with Crippen LogP contribution in [-0.4, -0.2) is 19.6 Å². The first kappa shape index (κ1) is 11.9. The summed E-state index contributed by atoms with van der Waals surface area (Å²) in [5.41, 5.74) is 10.6. The Morgan fingerprint density at radius 2 is 2.12 bits per heavy atom. The molecule has 2 heterocycles. The minimum absolute atomic E-state index is 0.161. The zero-order chi connectivity index (χ0) is 12.6. The smallest absolute Gasteiger partial charge is 0.0759 e. The molecule has 0 spiro atoms. The number of nitrogens with zero attached hydrogens (tertiary/aromatic N) is 4. The third kappa shape index (κ3) is 1.86. The summed E-state index contributed by atoms with van der Waals surface area (Å²) >= 11 is 0. The third-order valence-electron chi connectivity index (χ3n) is 3.24. The number of aryl methyl sites for hydroxylation is 3. The van der Waals surface area contributed by atoms with E-state index in [2.05, 4.69) is 17.1 Å². The van der Waals surface area contributed by atoms with E-state index in [0.717, 1.165) is 29.2 Å². The fourth-order valence-corrected chi connectivity index (χ4v) is 2.26. The first-order valence-electron chi connectivity index (χ1n) is 5.83. The molecule has 5 nitrogen and oxygen atoms in total. The lowest BCUT2D eigenvalue weighted by atomic mass is 10.0. The molecule has 5 heteroatoms. The number of aromatic nitrogens is 4. The van der Waals surface area contributed by atoms with Crippen molar-refractivity contribution in [2.45, 2.75) is 33.4 Å². The zero-order valence-electron chi connectivity index (χ0n) is 10.8. The molecule has 0 fully saturated rings. The van der Waals surface area contributed by atoms with E-state index in [1.165, 1.54) is 0 Å². The van der Waals surface area contributed by atoms with Gasteiger partial charge in [0, 0.05) is 31.0 Å². The number of hydrogen-bond donors (Lipinski definition) is 1. The van der Waals surface area contributed by atoms with E-state index in [1.54, 1.807) is 6.20 Å². The molecular weight excluding hydrogens is 214 g/mol. The topological polar surface area (TPSA) is 61.7 Å². The molecule has 17 heavy (non-hydrogen) atoms. The SMILES string of the molecule is CCn1nccc1C(N)c1c(C)nn(C)c1C. The van der Waals surface area contributed by atoms with Gasteiger partial charge in [-0.15, -0.1) is 0 Å². The van der Waals surface area contributed by atoms with Gasteiger partial charge in [-0.1, -0.05) is 0 Å².